The second-order valence-corrected chi connectivity index (χ2v) is 4.37. The van der Waals surface area contributed by atoms with E-state index in [1.165, 1.54) is 12.1 Å². The molecule has 0 unspecified atom stereocenters. The van der Waals surface area contributed by atoms with Crippen molar-refractivity contribution in [3.63, 3.8) is 0 Å². The molecule has 0 aliphatic rings. The van der Waals surface area contributed by atoms with Crippen molar-refractivity contribution < 1.29 is 4.39 Å². The Hall–Kier alpha value is -1.49. The molecule has 1 heterocycles. The van der Waals surface area contributed by atoms with Crippen molar-refractivity contribution in [3.8, 4) is 11.4 Å². The molecule has 88 valence electrons. The monoisotopic (exact) mass is 295 g/mol. The van der Waals surface area contributed by atoms with Gasteiger partial charge < -0.3 is 5.32 Å². The van der Waals surface area contributed by atoms with Crippen LogP contribution in [0.2, 0.25) is 0 Å². The average molecular weight is 296 g/mol. The fourth-order valence-corrected chi connectivity index (χ4v) is 1.93. The lowest BCUT2D eigenvalue weighted by Gasteiger charge is -2.05. The molecule has 3 nitrogen and oxygen atoms in total. The van der Waals surface area contributed by atoms with Gasteiger partial charge in [0, 0.05) is 22.8 Å². The molecule has 0 aliphatic carbocycles. The minimum atomic E-state index is -0.313. The standard InChI is InChI=1S/C12H11BrFN3/c1-2-15-11-3-4-16-12(17-11)8-5-9(13)7-10(14)6-8/h3-7H,2H2,1H3,(H,15,16,17). The SMILES string of the molecule is CCNc1ccnc(-c2cc(F)cc(Br)c2)n1. The largest absolute Gasteiger partial charge is 0.370 e. The summed E-state index contributed by atoms with van der Waals surface area (Å²) >= 11 is 3.25. The van der Waals surface area contributed by atoms with Gasteiger partial charge in [0.15, 0.2) is 5.82 Å². The molecule has 1 N–H and O–H groups in total. The number of anilines is 1. The molecular formula is C12H11BrFN3. The van der Waals surface area contributed by atoms with Gasteiger partial charge in [-0.3, -0.25) is 0 Å². The van der Waals surface area contributed by atoms with Crippen molar-refractivity contribution in [2.24, 2.45) is 0 Å². The van der Waals surface area contributed by atoms with E-state index in [4.69, 9.17) is 0 Å². The van der Waals surface area contributed by atoms with Gasteiger partial charge in [-0.2, -0.15) is 0 Å². The normalized spacial score (nSPS) is 10.3. The minimum absolute atomic E-state index is 0.313. The molecule has 1 aromatic heterocycles. The second-order valence-electron chi connectivity index (χ2n) is 3.45. The van der Waals surface area contributed by atoms with Gasteiger partial charge in [-0.15, -0.1) is 0 Å². The molecule has 1 aromatic carbocycles. The number of hydrogen-bond donors (Lipinski definition) is 1. The van der Waals surface area contributed by atoms with Crippen LogP contribution >= 0.6 is 15.9 Å². The first-order valence-corrected chi connectivity index (χ1v) is 6.01. The van der Waals surface area contributed by atoms with Gasteiger partial charge in [-0.25, -0.2) is 14.4 Å². The van der Waals surface area contributed by atoms with Gasteiger partial charge in [0.2, 0.25) is 0 Å². The Balaban J connectivity index is 2.41. The Labute approximate surface area is 107 Å². The fourth-order valence-electron chi connectivity index (χ4n) is 1.46. The van der Waals surface area contributed by atoms with Crippen molar-refractivity contribution in [1.29, 1.82) is 0 Å². The Kier molecular flexibility index (Phi) is 3.68. The van der Waals surface area contributed by atoms with E-state index in [-0.39, 0.29) is 5.82 Å². The van der Waals surface area contributed by atoms with Gasteiger partial charge in [0.05, 0.1) is 0 Å². The first-order valence-electron chi connectivity index (χ1n) is 5.22. The Morgan fingerprint density at radius 2 is 2.18 bits per heavy atom. The molecule has 0 saturated carbocycles. The highest BCUT2D eigenvalue weighted by Crippen LogP contribution is 2.22. The third kappa shape index (κ3) is 3.00. The predicted molar refractivity (Wildman–Crippen MR) is 69.3 cm³/mol. The van der Waals surface area contributed by atoms with Crippen LogP contribution in [0.15, 0.2) is 34.9 Å². The number of hydrogen-bond acceptors (Lipinski definition) is 3. The third-order valence-corrected chi connectivity index (χ3v) is 2.59. The van der Waals surface area contributed by atoms with E-state index >= 15 is 0 Å². The molecule has 2 rings (SSSR count). The lowest BCUT2D eigenvalue weighted by atomic mass is 10.2. The lowest BCUT2D eigenvalue weighted by Crippen LogP contribution is -2.00. The summed E-state index contributed by atoms with van der Waals surface area (Å²) in [6.07, 6.45) is 1.65. The summed E-state index contributed by atoms with van der Waals surface area (Å²) in [6.45, 7) is 2.77. The van der Waals surface area contributed by atoms with Gasteiger partial charge in [-0.05, 0) is 31.2 Å². The number of nitrogens with one attached hydrogen (secondary N) is 1. The van der Waals surface area contributed by atoms with Crippen LogP contribution in [0.3, 0.4) is 0 Å². The van der Waals surface area contributed by atoms with E-state index in [0.29, 0.717) is 15.9 Å². The van der Waals surface area contributed by atoms with E-state index in [0.717, 1.165) is 12.4 Å². The average Bonchev–Trinajstić information content (AvgIpc) is 2.28. The number of benzene rings is 1. The summed E-state index contributed by atoms with van der Waals surface area (Å²) in [5, 5.41) is 3.09. The summed E-state index contributed by atoms with van der Waals surface area (Å²) < 4.78 is 13.9. The van der Waals surface area contributed by atoms with E-state index in [2.05, 4.69) is 31.2 Å². The van der Waals surface area contributed by atoms with Crippen molar-refractivity contribution in [2.45, 2.75) is 6.92 Å². The van der Waals surface area contributed by atoms with Gasteiger partial charge in [0.25, 0.3) is 0 Å². The predicted octanol–water partition coefficient (Wildman–Crippen LogP) is 3.48. The molecule has 0 bridgehead atoms. The van der Waals surface area contributed by atoms with E-state index in [1.807, 2.05) is 6.92 Å². The summed E-state index contributed by atoms with van der Waals surface area (Å²) in [5.74, 6) is 0.924. The van der Waals surface area contributed by atoms with Crippen molar-refractivity contribution >= 4 is 21.7 Å². The molecule has 0 aliphatic heterocycles. The highest BCUT2D eigenvalue weighted by molar-refractivity contribution is 9.10. The topological polar surface area (TPSA) is 37.8 Å². The molecule has 0 atom stereocenters. The molecule has 0 saturated heterocycles. The number of rotatable bonds is 3. The number of halogens is 2. The van der Waals surface area contributed by atoms with Crippen LogP contribution in [0.5, 0.6) is 0 Å². The Bertz CT molecular complexity index is 511. The summed E-state index contributed by atoms with van der Waals surface area (Å²) in [5.41, 5.74) is 0.650. The molecule has 0 fully saturated rings. The lowest BCUT2D eigenvalue weighted by molar-refractivity contribution is 0.627. The smallest absolute Gasteiger partial charge is 0.161 e. The third-order valence-electron chi connectivity index (χ3n) is 2.13. The Morgan fingerprint density at radius 1 is 1.35 bits per heavy atom. The molecule has 0 amide bonds. The van der Waals surface area contributed by atoms with Crippen LogP contribution in [-0.2, 0) is 0 Å². The highest BCUT2D eigenvalue weighted by Gasteiger charge is 2.05. The number of nitrogens with zero attached hydrogens (tertiary/aromatic N) is 2. The molecule has 17 heavy (non-hydrogen) atoms. The van der Waals surface area contributed by atoms with E-state index < -0.39 is 0 Å². The van der Waals surface area contributed by atoms with Crippen LogP contribution in [-0.4, -0.2) is 16.5 Å². The highest BCUT2D eigenvalue weighted by atomic mass is 79.9. The van der Waals surface area contributed by atoms with Crippen LogP contribution in [0.1, 0.15) is 6.92 Å². The van der Waals surface area contributed by atoms with Crippen LogP contribution in [0.4, 0.5) is 10.2 Å². The van der Waals surface area contributed by atoms with Crippen LogP contribution < -0.4 is 5.32 Å². The first-order chi connectivity index (χ1) is 8.19. The zero-order valence-corrected chi connectivity index (χ0v) is 10.8. The molecular weight excluding hydrogens is 285 g/mol. The second kappa shape index (κ2) is 5.23. The van der Waals surface area contributed by atoms with Crippen molar-refractivity contribution in [2.75, 3.05) is 11.9 Å². The van der Waals surface area contributed by atoms with Gasteiger partial charge in [0.1, 0.15) is 11.6 Å². The maximum absolute atomic E-state index is 13.3. The minimum Gasteiger partial charge on any atom is -0.370 e. The molecule has 2 aromatic rings. The zero-order chi connectivity index (χ0) is 12.3. The fraction of sp³-hybridized carbons (Fsp3) is 0.167. The quantitative estimate of drug-likeness (QED) is 0.942. The maximum atomic E-state index is 13.3. The van der Waals surface area contributed by atoms with Crippen LogP contribution in [0.25, 0.3) is 11.4 Å². The zero-order valence-electron chi connectivity index (χ0n) is 9.24. The van der Waals surface area contributed by atoms with Crippen LogP contribution in [0, 0.1) is 5.82 Å². The summed E-state index contributed by atoms with van der Waals surface area (Å²) in [7, 11) is 0. The molecule has 0 spiro atoms. The molecule has 5 heteroatoms. The van der Waals surface area contributed by atoms with E-state index in [9.17, 15) is 4.39 Å². The Morgan fingerprint density at radius 3 is 2.88 bits per heavy atom. The van der Waals surface area contributed by atoms with Gasteiger partial charge >= 0.3 is 0 Å². The van der Waals surface area contributed by atoms with E-state index in [1.54, 1.807) is 18.3 Å². The van der Waals surface area contributed by atoms with Crippen molar-refractivity contribution in [1.82, 2.24) is 9.97 Å². The molecule has 0 radical (unpaired) electrons. The van der Waals surface area contributed by atoms with Gasteiger partial charge in [-0.1, -0.05) is 15.9 Å². The summed E-state index contributed by atoms with van der Waals surface area (Å²) in [6, 6.07) is 6.38. The number of aromatic nitrogens is 2. The van der Waals surface area contributed by atoms with Crippen molar-refractivity contribution in [3.05, 3.63) is 40.8 Å². The summed E-state index contributed by atoms with van der Waals surface area (Å²) in [4.78, 5) is 8.44. The maximum Gasteiger partial charge on any atom is 0.161 e. The first kappa shape index (κ1) is 12.0.